The Morgan fingerprint density at radius 1 is 0.923 bits per heavy atom. The smallest absolute Gasteiger partial charge is 0.323 e. The molecule has 10 nitrogen and oxygen atoms in total. The van der Waals surface area contributed by atoms with E-state index >= 15 is 0 Å². The SMILES string of the molecule is CN1CCC(N(C)C(=O)Nc2cc(Oc3ccc(NC(=O)CC(=O)Nc4ccc(F)cc4)cc3)ccn2)CC1. The van der Waals surface area contributed by atoms with Gasteiger partial charge in [0.15, 0.2) is 0 Å². The van der Waals surface area contributed by atoms with Crippen molar-refractivity contribution in [2.75, 3.05) is 43.1 Å². The number of nitrogens with zero attached hydrogens (tertiary/aromatic N) is 3. The number of halogens is 1. The summed E-state index contributed by atoms with van der Waals surface area (Å²) in [7, 11) is 3.87. The highest BCUT2D eigenvalue weighted by Crippen LogP contribution is 2.25. The van der Waals surface area contributed by atoms with Gasteiger partial charge >= 0.3 is 6.03 Å². The first-order chi connectivity index (χ1) is 18.7. The fraction of sp³-hybridized carbons (Fsp3) is 0.286. The molecular formula is C28H31FN6O4. The second-order valence-electron chi connectivity index (χ2n) is 9.36. The second kappa shape index (κ2) is 12.8. The third-order valence-corrected chi connectivity index (χ3v) is 6.35. The quantitative estimate of drug-likeness (QED) is 0.366. The number of carbonyl (C=O) groups is 3. The molecule has 1 fully saturated rings. The molecule has 0 aliphatic carbocycles. The first kappa shape index (κ1) is 27.5. The summed E-state index contributed by atoms with van der Waals surface area (Å²) in [4.78, 5) is 45.2. The van der Waals surface area contributed by atoms with E-state index < -0.39 is 24.1 Å². The number of aromatic nitrogens is 1. The molecule has 1 aromatic heterocycles. The van der Waals surface area contributed by atoms with Gasteiger partial charge in [0, 0.05) is 36.7 Å². The molecule has 4 amide bonds. The summed E-state index contributed by atoms with van der Waals surface area (Å²) in [6.45, 7) is 1.92. The van der Waals surface area contributed by atoms with Crippen LogP contribution in [0.5, 0.6) is 11.5 Å². The highest BCUT2D eigenvalue weighted by atomic mass is 19.1. The van der Waals surface area contributed by atoms with Crippen LogP contribution < -0.4 is 20.7 Å². The Balaban J connectivity index is 1.26. The summed E-state index contributed by atoms with van der Waals surface area (Å²) >= 11 is 0. The van der Waals surface area contributed by atoms with Crippen molar-refractivity contribution in [1.82, 2.24) is 14.8 Å². The molecule has 1 aliphatic rings. The molecule has 0 atom stereocenters. The molecule has 1 saturated heterocycles. The van der Waals surface area contributed by atoms with Crippen molar-refractivity contribution in [1.29, 1.82) is 0 Å². The van der Waals surface area contributed by atoms with Gasteiger partial charge in [0.05, 0.1) is 0 Å². The first-order valence-electron chi connectivity index (χ1n) is 12.6. The second-order valence-corrected chi connectivity index (χ2v) is 9.36. The number of hydrogen-bond acceptors (Lipinski definition) is 6. The average Bonchev–Trinajstić information content (AvgIpc) is 2.91. The molecule has 0 radical (unpaired) electrons. The highest BCUT2D eigenvalue weighted by Gasteiger charge is 2.24. The molecule has 2 aromatic carbocycles. The van der Waals surface area contributed by atoms with Crippen molar-refractivity contribution in [3.8, 4) is 11.5 Å². The maximum atomic E-state index is 13.0. The van der Waals surface area contributed by atoms with E-state index in [0.29, 0.717) is 28.7 Å². The normalized spacial score (nSPS) is 13.8. The van der Waals surface area contributed by atoms with E-state index in [-0.39, 0.29) is 12.1 Å². The highest BCUT2D eigenvalue weighted by molar-refractivity contribution is 6.08. The van der Waals surface area contributed by atoms with Crippen LogP contribution >= 0.6 is 0 Å². The number of anilines is 3. The summed E-state index contributed by atoms with van der Waals surface area (Å²) in [6, 6.07) is 15.2. The molecule has 204 valence electrons. The van der Waals surface area contributed by atoms with E-state index in [0.717, 1.165) is 25.9 Å². The number of urea groups is 1. The van der Waals surface area contributed by atoms with E-state index in [1.54, 1.807) is 54.5 Å². The van der Waals surface area contributed by atoms with Crippen LogP contribution in [0, 0.1) is 5.82 Å². The fourth-order valence-electron chi connectivity index (χ4n) is 4.12. The Bertz CT molecular complexity index is 1290. The zero-order valence-electron chi connectivity index (χ0n) is 21.8. The molecule has 11 heteroatoms. The Labute approximate surface area is 226 Å². The lowest BCUT2D eigenvalue weighted by Crippen LogP contribution is -2.46. The molecule has 4 rings (SSSR count). The van der Waals surface area contributed by atoms with Crippen molar-refractivity contribution < 1.29 is 23.5 Å². The molecule has 2 heterocycles. The predicted molar refractivity (Wildman–Crippen MR) is 146 cm³/mol. The molecule has 39 heavy (non-hydrogen) atoms. The van der Waals surface area contributed by atoms with E-state index in [2.05, 4.69) is 32.9 Å². The van der Waals surface area contributed by atoms with Crippen LogP contribution in [0.15, 0.2) is 66.9 Å². The number of piperidine rings is 1. The molecule has 0 saturated carbocycles. The van der Waals surface area contributed by atoms with E-state index in [1.165, 1.54) is 24.3 Å². The molecular weight excluding hydrogens is 503 g/mol. The summed E-state index contributed by atoms with van der Waals surface area (Å²) in [5, 5.41) is 8.02. The topological polar surface area (TPSA) is 116 Å². The molecule has 0 bridgehead atoms. The predicted octanol–water partition coefficient (Wildman–Crippen LogP) is 4.54. The third kappa shape index (κ3) is 8.24. The first-order valence-corrected chi connectivity index (χ1v) is 12.6. The van der Waals surface area contributed by atoms with Crippen LogP contribution in [0.2, 0.25) is 0 Å². The van der Waals surface area contributed by atoms with Crippen molar-refractivity contribution in [2.45, 2.75) is 25.3 Å². The van der Waals surface area contributed by atoms with Crippen molar-refractivity contribution in [2.24, 2.45) is 0 Å². The van der Waals surface area contributed by atoms with Crippen molar-refractivity contribution in [3.05, 3.63) is 72.7 Å². The number of ether oxygens (including phenoxy) is 1. The largest absolute Gasteiger partial charge is 0.457 e. The standard InChI is InChI=1S/C28H31FN6O4/c1-34-15-12-22(13-16-34)35(2)28(38)33-25-17-24(11-14-30-25)39-23-9-7-21(8-10-23)32-27(37)18-26(36)31-20-5-3-19(29)4-6-20/h3-11,14,17,22H,12-13,15-16,18H2,1-2H3,(H,31,36)(H,32,37)(H,30,33,38). The Kier molecular flexibility index (Phi) is 9.06. The molecule has 3 N–H and O–H groups in total. The van der Waals surface area contributed by atoms with Gasteiger partial charge in [0.1, 0.15) is 29.6 Å². The number of benzene rings is 2. The van der Waals surface area contributed by atoms with Gasteiger partial charge in [-0.1, -0.05) is 0 Å². The number of amides is 4. The van der Waals surface area contributed by atoms with E-state index in [4.69, 9.17) is 4.74 Å². The molecule has 3 aromatic rings. The van der Waals surface area contributed by atoms with Crippen LogP contribution in [0.25, 0.3) is 0 Å². The molecule has 1 aliphatic heterocycles. The number of nitrogens with one attached hydrogen (secondary N) is 3. The van der Waals surface area contributed by atoms with Gasteiger partial charge in [-0.15, -0.1) is 0 Å². The maximum absolute atomic E-state index is 13.0. The van der Waals surface area contributed by atoms with Gasteiger partial charge in [-0.3, -0.25) is 14.9 Å². The van der Waals surface area contributed by atoms with Gasteiger partial charge in [-0.05, 0) is 87.6 Å². The van der Waals surface area contributed by atoms with Crippen LogP contribution in [0.3, 0.4) is 0 Å². The summed E-state index contributed by atoms with van der Waals surface area (Å²) < 4.78 is 18.9. The number of likely N-dealkylation sites (tertiary alicyclic amines) is 1. The van der Waals surface area contributed by atoms with Crippen LogP contribution in [0.1, 0.15) is 19.3 Å². The van der Waals surface area contributed by atoms with Crippen molar-refractivity contribution in [3.63, 3.8) is 0 Å². The van der Waals surface area contributed by atoms with Gasteiger partial charge < -0.3 is 25.2 Å². The fourth-order valence-corrected chi connectivity index (χ4v) is 4.12. The summed E-state index contributed by atoms with van der Waals surface area (Å²) in [6.07, 6.45) is 3.01. The number of pyridine rings is 1. The van der Waals surface area contributed by atoms with Crippen LogP contribution in [0.4, 0.5) is 26.4 Å². The van der Waals surface area contributed by atoms with Crippen LogP contribution in [-0.4, -0.2) is 65.9 Å². The van der Waals surface area contributed by atoms with Gasteiger partial charge in [-0.25, -0.2) is 14.2 Å². The van der Waals surface area contributed by atoms with Gasteiger partial charge in [0.25, 0.3) is 0 Å². The lowest BCUT2D eigenvalue weighted by atomic mass is 10.0. The minimum absolute atomic E-state index is 0.184. The summed E-state index contributed by atoms with van der Waals surface area (Å²) in [5.41, 5.74) is 0.889. The lowest BCUT2D eigenvalue weighted by molar-refractivity contribution is -0.123. The third-order valence-electron chi connectivity index (χ3n) is 6.35. The number of rotatable bonds is 8. The molecule has 0 unspecified atom stereocenters. The lowest BCUT2D eigenvalue weighted by Gasteiger charge is -2.34. The number of carbonyl (C=O) groups excluding carboxylic acids is 3. The van der Waals surface area contributed by atoms with Crippen LogP contribution in [-0.2, 0) is 9.59 Å². The monoisotopic (exact) mass is 534 g/mol. The van der Waals surface area contributed by atoms with E-state index in [1.807, 2.05) is 0 Å². The zero-order valence-corrected chi connectivity index (χ0v) is 21.8. The minimum atomic E-state index is -0.516. The zero-order chi connectivity index (χ0) is 27.8. The van der Waals surface area contributed by atoms with Gasteiger partial charge in [-0.2, -0.15) is 0 Å². The molecule has 0 spiro atoms. The Morgan fingerprint density at radius 2 is 1.51 bits per heavy atom. The van der Waals surface area contributed by atoms with E-state index in [9.17, 15) is 18.8 Å². The summed E-state index contributed by atoms with van der Waals surface area (Å²) in [5.74, 6) is -0.0637. The maximum Gasteiger partial charge on any atom is 0.323 e. The number of hydrogen-bond donors (Lipinski definition) is 3. The Hall–Kier alpha value is -4.51. The van der Waals surface area contributed by atoms with Gasteiger partial charge in [0.2, 0.25) is 11.8 Å². The average molecular weight is 535 g/mol. The van der Waals surface area contributed by atoms with Crippen molar-refractivity contribution >= 4 is 35.0 Å². The minimum Gasteiger partial charge on any atom is -0.457 e. The Morgan fingerprint density at radius 3 is 2.13 bits per heavy atom.